The predicted octanol–water partition coefficient (Wildman–Crippen LogP) is 8.78. The molecular formula is C26H54O3Si. The Morgan fingerprint density at radius 1 is 0.467 bits per heavy atom. The van der Waals surface area contributed by atoms with E-state index in [9.17, 15) is 0 Å². The van der Waals surface area contributed by atoms with Gasteiger partial charge in [-0.2, -0.15) is 0 Å². The molecule has 0 aromatic carbocycles. The highest BCUT2D eigenvalue weighted by atomic mass is 28.4. The summed E-state index contributed by atoms with van der Waals surface area (Å²) in [5.41, 5.74) is 2.09. The van der Waals surface area contributed by atoms with Gasteiger partial charge in [-0.15, -0.1) is 0 Å². The van der Waals surface area contributed by atoms with Gasteiger partial charge in [0.15, 0.2) is 0 Å². The second-order valence-corrected chi connectivity index (χ2v) is 10.8. The van der Waals surface area contributed by atoms with E-state index < -0.39 is 8.80 Å². The van der Waals surface area contributed by atoms with Crippen LogP contribution in [0.4, 0.5) is 0 Å². The molecule has 0 bridgehead atoms. The Morgan fingerprint density at radius 2 is 0.800 bits per heavy atom. The molecule has 0 saturated heterocycles. The van der Waals surface area contributed by atoms with E-state index in [4.69, 9.17) is 13.3 Å². The maximum Gasteiger partial charge on any atom is 0.529 e. The van der Waals surface area contributed by atoms with E-state index >= 15 is 0 Å². The van der Waals surface area contributed by atoms with Crippen LogP contribution in [0, 0.1) is 0 Å². The Morgan fingerprint density at radius 3 is 1.13 bits per heavy atom. The zero-order valence-electron chi connectivity index (χ0n) is 21.0. The van der Waals surface area contributed by atoms with Gasteiger partial charge in [-0.05, 0) is 39.3 Å². The molecule has 0 aliphatic carbocycles. The van der Waals surface area contributed by atoms with Gasteiger partial charge in [0.05, 0.1) is 0 Å². The van der Waals surface area contributed by atoms with Gasteiger partial charge < -0.3 is 13.3 Å². The lowest BCUT2D eigenvalue weighted by Gasteiger charge is -2.25. The lowest BCUT2D eigenvalue weighted by molar-refractivity contribution is 0.0842. The zero-order chi connectivity index (χ0) is 22.2. The van der Waals surface area contributed by atoms with Crippen LogP contribution in [-0.4, -0.2) is 28.6 Å². The first kappa shape index (κ1) is 29.8. The molecule has 0 amide bonds. The molecule has 0 unspecified atom stereocenters. The third-order valence-corrected chi connectivity index (χ3v) is 8.30. The van der Waals surface area contributed by atoms with Crippen molar-refractivity contribution in [1.29, 1.82) is 0 Å². The maximum absolute atomic E-state index is 5.85. The van der Waals surface area contributed by atoms with E-state index in [1.807, 2.05) is 20.8 Å². The Bertz CT molecular complexity index is 343. The molecule has 0 fully saturated rings. The van der Waals surface area contributed by atoms with Gasteiger partial charge >= 0.3 is 8.80 Å². The Hall–Kier alpha value is -0.163. The Kier molecular flexibility index (Phi) is 23.4. The first-order valence-electron chi connectivity index (χ1n) is 13.3. The molecule has 0 radical (unpaired) electrons. The highest BCUT2D eigenvalue weighted by Gasteiger charge is 2.37. The molecule has 0 aliphatic rings. The second-order valence-electron chi connectivity index (χ2n) is 8.40. The van der Waals surface area contributed by atoms with E-state index in [-0.39, 0.29) is 0 Å². The van der Waals surface area contributed by atoms with E-state index in [1.165, 1.54) is 103 Å². The molecular weight excluding hydrogens is 388 g/mol. The quantitative estimate of drug-likeness (QED) is 0.110. The molecule has 0 rings (SSSR count). The molecule has 180 valence electrons. The first-order chi connectivity index (χ1) is 14.7. The molecule has 0 spiro atoms. The highest BCUT2D eigenvalue weighted by Crippen LogP contribution is 2.15. The molecule has 0 heterocycles. The summed E-state index contributed by atoms with van der Waals surface area (Å²) < 4.78 is 17.6. The SMILES string of the molecule is CCCCCCCCCCCCCCCCCCC=C[Si](OCC)(OCC)OCC. The average Bonchev–Trinajstić information content (AvgIpc) is 2.73. The molecule has 0 aromatic rings. The van der Waals surface area contributed by atoms with Gasteiger partial charge in [0.2, 0.25) is 0 Å². The fourth-order valence-electron chi connectivity index (χ4n) is 3.91. The van der Waals surface area contributed by atoms with Crippen molar-refractivity contribution in [1.82, 2.24) is 0 Å². The summed E-state index contributed by atoms with van der Waals surface area (Å²) in [5, 5.41) is 0. The van der Waals surface area contributed by atoms with Crippen LogP contribution in [0.1, 0.15) is 137 Å². The number of unbranched alkanes of at least 4 members (excludes halogenated alkanes) is 16. The van der Waals surface area contributed by atoms with E-state index in [2.05, 4.69) is 18.7 Å². The average molecular weight is 443 g/mol. The van der Waals surface area contributed by atoms with Crippen molar-refractivity contribution >= 4 is 8.80 Å². The smallest absolute Gasteiger partial charge is 0.371 e. The van der Waals surface area contributed by atoms with Gasteiger partial charge in [-0.3, -0.25) is 0 Å². The van der Waals surface area contributed by atoms with Crippen molar-refractivity contribution in [3.05, 3.63) is 11.8 Å². The van der Waals surface area contributed by atoms with E-state index in [0.29, 0.717) is 19.8 Å². The fraction of sp³-hybridized carbons (Fsp3) is 0.923. The molecule has 0 atom stereocenters. The van der Waals surface area contributed by atoms with Crippen LogP contribution in [0.15, 0.2) is 11.8 Å². The third kappa shape index (κ3) is 18.6. The molecule has 0 N–H and O–H groups in total. The third-order valence-electron chi connectivity index (χ3n) is 5.58. The van der Waals surface area contributed by atoms with Crippen LogP contribution in [0.2, 0.25) is 0 Å². The molecule has 0 aliphatic heterocycles. The minimum absolute atomic E-state index is 0.635. The summed E-state index contributed by atoms with van der Waals surface area (Å²) in [6.45, 7) is 10.2. The lowest BCUT2D eigenvalue weighted by Crippen LogP contribution is -2.44. The maximum atomic E-state index is 5.85. The standard InChI is InChI=1S/C26H54O3Si/c1-5-9-10-11-12-13-14-15-16-17-18-19-20-21-22-23-24-25-26-30(27-6-2,28-7-3)29-8-4/h25-26H,5-24H2,1-4H3. The van der Waals surface area contributed by atoms with Crippen LogP contribution in [0.3, 0.4) is 0 Å². The molecule has 30 heavy (non-hydrogen) atoms. The molecule has 0 saturated carbocycles. The molecule has 4 heteroatoms. The van der Waals surface area contributed by atoms with Crippen LogP contribution in [0.25, 0.3) is 0 Å². The number of allylic oxidation sites excluding steroid dienone is 1. The normalized spacial score (nSPS) is 12.3. The summed E-state index contributed by atoms with van der Waals surface area (Å²) in [4.78, 5) is 0. The summed E-state index contributed by atoms with van der Waals surface area (Å²) in [6, 6.07) is 0. The van der Waals surface area contributed by atoms with Gasteiger partial charge in [-0.25, -0.2) is 0 Å². The fourth-order valence-corrected chi connectivity index (χ4v) is 6.11. The number of hydrogen-bond acceptors (Lipinski definition) is 3. The Balaban J connectivity index is 3.51. The summed E-state index contributed by atoms with van der Waals surface area (Å²) in [7, 11) is -2.59. The van der Waals surface area contributed by atoms with Crippen molar-refractivity contribution in [3.8, 4) is 0 Å². The van der Waals surface area contributed by atoms with Crippen LogP contribution in [-0.2, 0) is 13.3 Å². The van der Waals surface area contributed by atoms with Crippen molar-refractivity contribution in [2.24, 2.45) is 0 Å². The number of rotatable bonds is 24. The van der Waals surface area contributed by atoms with Crippen LogP contribution >= 0.6 is 0 Å². The van der Waals surface area contributed by atoms with Gasteiger partial charge in [0.25, 0.3) is 0 Å². The summed E-state index contributed by atoms with van der Waals surface area (Å²) in [6.07, 6.45) is 25.9. The summed E-state index contributed by atoms with van der Waals surface area (Å²) >= 11 is 0. The first-order valence-corrected chi connectivity index (χ1v) is 15.1. The predicted molar refractivity (Wildman–Crippen MR) is 134 cm³/mol. The van der Waals surface area contributed by atoms with Gasteiger partial charge in [0.1, 0.15) is 0 Å². The Labute approximate surface area is 190 Å². The largest absolute Gasteiger partial charge is 0.529 e. The minimum Gasteiger partial charge on any atom is -0.371 e. The molecule has 3 nitrogen and oxygen atoms in total. The van der Waals surface area contributed by atoms with E-state index in [1.54, 1.807) is 0 Å². The highest BCUT2D eigenvalue weighted by molar-refractivity contribution is 6.66. The van der Waals surface area contributed by atoms with Crippen LogP contribution < -0.4 is 0 Å². The topological polar surface area (TPSA) is 27.7 Å². The van der Waals surface area contributed by atoms with E-state index in [0.717, 1.165) is 6.42 Å². The van der Waals surface area contributed by atoms with Crippen LogP contribution in [0.5, 0.6) is 0 Å². The monoisotopic (exact) mass is 442 g/mol. The van der Waals surface area contributed by atoms with Gasteiger partial charge in [0, 0.05) is 19.8 Å². The minimum atomic E-state index is -2.59. The van der Waals surface area contributed by atoms with Crippen molar-refractivity contribution < 1.29 is 13.3 Å². The second kappa shape index (κ2) is 23.5. The lowest BCUT2D eigenvalue weighted by atomic mass is 10.0. The number of hydrogen-bond donors (Lipinski definition) is 0. The van der Waals surface area contributed by atoms with Crippen molar-refractivity contribution in [2.75, 3.05) is 19.8 Å². The zero-order valence-corrected chi connectivity index (χ0v) is 22.0. The summed E-state index contributed by atoms with van der Waals surface area (Å²) in [5.74, 6) is 0. The van der Waals surface area contributed by atoms with Crippen molar-refractivity contribution in [3.63, 3.8) is 0 Å². The molecule has 0 aromatic heterocycles. The van der Waals surface area contributed by atoms with Gasteiger partial charge in [-0.1, -0.05) is 109 Å². The van der Waals surface area contributed by atoms with Crippen molar-refractivity contribution in [2.45, 2.75) is 137 Å².